The molecule has 0 heterocycles. The standard InChI is InChI=1S/C9H9FN2O3/c1-11(2)8-3-6(10)4-9(12(14)15)7(8)5-13/h3-5H,1-2H3. The second-order valence-corrected chi connectivity index (χ2v) is 3.13. The maximum absolute atomic E-state index is 13.0. The van der Waals surface area contributed by atoms with E-state index >= 15 is 0 Å². The molecule has 0 N–H and O–H groups in total. The minimum atomic E-state index is -0.778. The lowest BCUT2D eigenvalue weighted by molar-refractivity contribution is -0.385. The van der Waals surface area contributed by atoms with Gasteiger partial charge in [-0.1, -0.05) is 0 Å². The normalized spacial score (nSPS) is 9.80. The number of anilines is 1. The Morgan fingerprint density at radius 3 is 2.47 bits per heavy atom. The van der Waals surface area contributed by atoms with E-state index in [9.17, 15) is 19.3 Å². The fraction of sp³-hybridized carbons (Fsp3) is 0.222. The van der Waals surface area contributed by atoms with E-state index in [1.165, 1.54) is 4.90 Å². The van der Waals surface area contributed by atoms with Crippen molar-refractivity contribution in [1.82, 2.24) is 0 Å². The van der Waals surface area contributed by atoms with Crippen molar-refractivity contribution in [3.05, 3.63) is 33.6 Å². The van der Waals surface area contributed by atoms with Gasteiger partial charge in [0.2, 0.25) is 0 Å². The van der Waals surface area contributed by atoms with Crippen molar-refractivity contribution in [2.75, 3.05) is 19.0 Å². The summed E-state index contributed by atoms with van der Waals surface area (Å²) in [6, 6.07) is 1.81. The van der Waals surface area contributed by atoms with Crippen molar-refractivity contribution in [3.8, 4) is 0 Å². The first kappa shape index (κ1) is 11.1. The maximum Gasteiger partial charge on any atom is 0.284 e. The Labute approximate surface area is 85.3 Å². The number of nitro benzene ring substituents is 1. The molecule has 1 rings (SSSR count). The summed E-state index contributed by atoms with van der Waals surface area (Å²) < 4.78 is 13.0. The molecule has 0 fully saturated rings. The molecule has 5 nitrogen and oxygen atoms in total. The van der Waals surface area contributed by atoms with E-state index in [2.05, 4.69) is 0 Å². The third-order valence-electron chi connectivity index (χ3n) is 1.90. The number of nitro groups is 1. The molecule has 1 aromatic carbocycles. The predicted molar refractivity (Wildman–Crippen MR) is 52.8 cm³/mol. The molecule has 0 bridgehead atoms. The molecule has 0 radical (unpaired) electrons. The summed E-state index contributed by atoms with van der Waals surface area (Å²) in [7, 11) is 3.15. The molecule has 0 saturated carbocycles. The van der Waals surface area contributed by atoms with Gasteiger partial charge in [-0.2, -0.15) is 0 Å². The molecule has 0 aliphatic rings. The topological polar surface area (TPSA) is 63.4 Å². The zero-order valence-corrected chi connectivity index (χ0v) is 8.23. The Morgan fingerprint density at radius 1 is 1.47 bits per heavy atom. The Morgan fingerprint density at radius 2 is 2.07 bits per heavy atom. The van der Waals surface area contributed by atoms with E-state index in [0.29, 0.717) is 6.29 Å². The maximum atomic E-state index is 13.0. The summed E-state index contributed by atoms with van der Waals surface area (Å²) in [6.07, 6.45) is 0.354. The second kappa shape index (κ2) is 4.04. The third-order valence-corrected chi connectivity index (χ3v) is 1.90. The highest BCUT2D eigenvalue weighted by Crippen LogP contribution is 2.27. The van der Waals surface area contributed by atoms with Gasteiger partial charge in [0.1, 0.15) is 11.4 Å². The lowest BCUT2D eigenvalue weighted by Gasteiger charge is -2.14. The lowest BCUT2D eigenvalue weighted by atomic mass is 10.1. The predicted octanol–water partition coefficient (Wildman–Crippen LogP) is 1.61. The smallest absolute Gasteiger partial charge is 0.284 e. The number of carbonyl (C=O) groups is 1. The Balaban J connectivity index is 3.52. The summed E-state index contributed by atoms with van der Waals surface area (Å²) in [4.78, 5) is 22.0. The van der Waals surface area contributed by atoms with E-state index in [0.717, 1.165) is 12.1 Å². The Hall–Kier alpha value is -1.98. The highest BCUT2D eigenvalue weighted by Gasteiger charge is 2.20. The first-order valence-electron chi connectivity index (χ1n) is 4.07. The summed E-state index contributed by atoms with van der Waals surface area (Å²) in [5.41, 5.74) is -0.447. The Kier molecular flexibility index (Phi) is 2.99. The van der Waals surface area contributed by atoms with E-state index in [1.54, 1.807) is 14.1 Å². The van der Waals surface area contributed by atoms with Crippen LogP contribution in [0.3, 0.4) is 0 Å². The van der Waals surface area contributed by atoms with Gasteiger partial charge in [-0.3, -0.25) is 14.9 Å². The first-order valence-corrected chi connectivity index (χ1v) is 4.07. The van der Waals surface area contributed by atoms with Crippen LogP contribution in [0, 0.1) is 15.9 Å². The van der Waals surface area contributed by atoms with Gasteiger partial charge in [0.05, 0.1) is 16.7 Å². The van der Waals surface area contributed by atoms with Gasteiger partial charge in [0.25, 0.3) is 5.69 Å². The molecule has 0 aliphatic heterocycles. The van der Waals surface area contributed by atoms with Gasteiger partial charge in [0, 0.05) is 14.1 Å². The molecule has 80 valence electrons. The van der Waals surface area contributed by atoms with Crippen LogP contribution in [0.15, 0.2) is 12.1 Å². The molecule has 0 aliphatic carbocycles. The summed E-state index contributed by atoms with van der Waals surface area (Å²) in [5, 5.41) is 10.6. The van der Waals surface area contributed by atoms with Crippen LogP contribution >= 0.6 is 0 Å². The van der Waals surface area contributed by atoms with Crippen molar-refractivity contribution in [2.24, 2.45) is 0 Å². The number of benzene rings is 1. The van der Waals surface area contributed by atoms with E-state index in [4.69, 9.17) is 0 Å². The molecule has 0 aromatic heterocycles. The molecule has 1 aromatic rings. The Bertz CT molecular complexity index is 418. The molecule has 0 amide bonds. The third kappa shape index (κ3) is 2.09. The summed E-state index contributed by atoms with van der Waals surface area (Å²) in [5.74, 6) is -0.740. The van der Waals surface area contributed by atoms with Crippen molar-refractivity contribution in [1.29, 1.82) is 0 Å². The van der Waals surface area contributed by atoms with Crippen LogP contribution in [-0.2, 0) is 0 Å². The van der Waals surface area contributed by atoms with Crippen molar-refractivity contribution in [2.45, 2.75) is 0 Å². The monoisotopic (exact) mass is 212 g/mol. The van der Waals surface area contributed by atoms with Crippen LogP contribution in [0.1, 0.15) is 10.4 Å². The fourth-order valence-electron chi connectivity index (χ4n) is 1.23. The molecule has 0 atom stereocenters. The van der Waals surface area contributed by atoms with Crippen LogP contribution in [0.5, 0.6) is 0 Å². The largest absolute Gasteiger partial charge is 0.377 e. The number of hydrogen-bond acceptors (Lipinski definition) is 4. The van der Waals surface area contributed by atoms with E-state index < -0.39 is 16.4 Å². The highest BCUT2D eigenvalue weighted by atomic mass is 19.1. The molecule has 0 spiro atoms. The van der Waals surface area contributed by atoms with E-state index in [1.807, 2.05) is 0 Å². The molecule has 0 saturated heterocycles. The van der Waals surface area contributed by atoms with Gasteiger partial charge in [-0.25, -0.2) is 4.39 Å². The number of rotatable bonds is 3. The van der Waals surface area contributed by atoms with Crippen LogP contribution in [0.4, 0.5) is 15.8 Å². The molecule has 15 heavy (non-hydrogen) atoms. The zero-order valence-electron chi connectivity index (χ0n) is 8.23. The number of carbonyl (C=O) groups excluding carboxylic acids is 1. The quantitative estimate of drug-likeness (QED) is 0.433. The number of hydrogen-bond donors (Lipinski definition) is 0. The number of aldehydes is 1. The fourth-order valence-corrected chi connectivity index (χ4v) is 1.23. The van der Waals surface area contributed by atoms with Crippen LogP contribution in [0.25, 0.3) is 0 Å². The molecular weight excluding hydrogens is 203 g/mol. The van der Waals surface area contributed by atoms with Crippen molar-refractivity contribution in [3.63, 3.8) is 0 Å². The molecular formula is C9H9FN2O3. The summed E-state index contributed by atoms with van der Waals surface area (Å²) in [6.45, 7) is 0. The van der Waals surface area contributed by atoms with Gasteiger partial charge in [0.15, 0.2) is 6.29 Å². The van der Waals surface area contributed by atoms with Crippen LogP contribution in [0.2, 0.25) is 0 Å². The molecule has 6 heteroatoms. The van der Waals surface area contributed by atoms with Crippen molar-refractivity contribution >= 4 is 17.7 Å². The lowest BCUT2D eigenvalue weighted by Crippen LogP contribution is -2.12. The zero-order chi connectivity index (χ0) is 11.6. The molecule has 0 unspecified atom stereocenters. The SMILES string of the molecule is CN(C)c1cc(F)cc([N+](=O)[O-])c1C=O. The van der Waals surface area contributed by atoms with Gasteiger partial charge in [-0.05, 0) is 6.07 Å². The highest BCUT2D eigenvalue weighted by molar-refractivity contribution is 5.90. The average Bonchev–Trinajstić information content (AvgIpc) is 2.16. The van der Waals surface area contributed by atoms with Crippen molar-refractivity contribution < 1.29 is 14.1 Å². The summed E-state index contributed by atoms with van der Waals surface area (Å²) >= 11 is 0. The number of nitrogens with zero attached hydrogens (tertiary/aromatic N) is 2. The first-order chi connectivity index (χ1) is 6.97. The minimum Gasteiger partial charge on any atom is -0.377 e. The number of halogens is 1. The van der Waals surface area contributed by atoms with E-state index in [-0.39, 0.29) is 11.3 Å². The minimum absolute atomic E-state index is 0.119. The van der Waals surface area contributed by atoms with Gasteiger partial charge in [-0.15, -0.1) is 0 Å². The van der Waals surface area contributed by atoms with Crippen LogP contribution < -0.4 is 4.90 Å². The second-order valence-electron chi connectivity index (χ2n) is 3.13. The van der Waals surface area contributed by atoms with Gasteiger partial charge >= 0.3 is 0 Å². The average molecular weight is 212 g/mol. The van der Waals surface area contributed by atoms with Crippen LogP contribution in [-0.4, -0.2) is 25.3 Å². The van der Waals surface area contributed by atoms with Gasteiger partial charge < -0.3 is 4.90 Å².